The molecule has 3 rings (SSSR count). The number of pyridine rings is 1. The van der Waals surface area contributed by atoms with Crippen molar-refractivity contribution in [2.75, 3.05) is 0 Å². The van der Waals surface area contributed by atoms with Gasteiger partial charge in [0.05, 0.1) is 0 Å². The second-order valence-corrected chi connectivity index (χ2v) is 4.33. The van der Waals surface area contributed by atoms with Crippen molar-refractivity contribution in [3.05, 3.63) is 65.7 Å². The average molecular weight is 277 g/mol. The summed E-state index contributed by atoms with van der Waals surface area (Å²) in [5, 5.41) is 9.69. The van der Waals surface area contributed by atoms with E-state index in [9.17, 15) is 4.79 Å². The van der Waals surface area contributed by atoms with E-state index in [0.29, 0.717) is 5.58 Å². The predicted octanol–water partition coefficient (Wildman–Crippen LogP) is 2.47. The van der Waals surface area contributed by atoms with Crippen LogP contribution in [-0.2, 0) is 6.42 Å². The molecule has 3 aromatic rings. The first kappa shape index (κ1) is 14.8. The van der Waals surface area contributed by atoms with Crippen molar-refractivity contribution in [1.29, 1.82) is 0 Å². The molecular weight excluding hydrogens is 265 g/mol. The number of aromatic nitrogens is 1. The Hall–Kier alpha value is -1.62. The molecule has 2 aromatic heterocycles. The van der Waals surface area contributed by atoms with E-state index in [1.54, 1.807) is 18.3 Å². The van der Waals surface area contributed by atoms with E-state index in [2.05, 4.69) is 4.98 Å². The first-order valence-corrected chi connectivity index (χ1v) is 5.87. The molecule has 0 unspecified atom stereocenters. The van der Waals surface area contributed by atoms with Crippen LogP contribution in [0.15, 0.2) is 53.2 Å². The zero-order valence-electron chi connectivity index (χ0n) is 10.0. The molecule has 0 bridgehead atoms. The Morgan fingerprint density at radius 3 is 2.75 bits per heavy atom. The zero-order valence-corrected chi connectivity index (χ0v) is 10.0. The average Bonchev–Trinajstić information content (AvgIpc) is 2.83. The van der Waals surface area contributed by atoms with Gasteiger partial charge in [-0.15, -0.1) is 0 Å². The third-order valence-corrected chi connectivity index (χ3v) is 2.92. The first-order valence-electron chi connectivity index (χ1n) is 5.87. The molecule has 0 atom stereocenters. The molecule has 96 valence electrons. The van der Waals surface area contributed by atoms with Crippen LogP contribution in [0.25, 0.3) is 11.0 Å². The summed E-state index contributed by atoms with van der Waals surface area (Å²) in [5.41, 5.74) is 2.80. The molecule has 0 fully saturated rings. The molecule has 0 spiro atoms. The normalized spacial score (nSPS) is 10.2. The molecule has 0 saturated heterocycles. The van der Waals surface area contributed by atoms with Crippen molar-refractivity contribution in [1.82, 2.24) is 4.98 Å². The topological polar surface area (TPSA) is 63.3 Å². The second kappa shape index (κ2) is 6.22. The number of hydrogen-bond donors (Lipinski definition) is 1. The van der Waals surface area contributed by atoms with Crippen molar-refractivity contribution in [2.24, 2.45) is 0 Å². The summed E-state index contributed by atoms with van der Waals surface area (Å²) in [6, 6.07) is 11.1. The Labute approximate surface area is 137 Å². The third-order valence-electron chi connectivity index (χ3n) is 2.92. The summed E-state index contributed by atoms with van der Waals surface area (Å²) in [4.78, 5) is 14.9. The van der Waals surface area contributed by atoms with Crippen LogP contribution in [-0.4, -0.2) is 45.6 Å². The number of fused-ring (bicyclic) bond motifs is 1. The van der Waals surface area contributed by atoms with E-state index in [-0.39, 0.29) is 35.3 Å². The Balaban J connectivity index is 0.00000147. The van der Waals surface area contributed by atoms with E-state index in [0.717, 1.165) is 22.9 Å². The van der Waals surface area contributed by atoms with Crippen LogP contribution in [0.1, 0.15) is 21.7 Å². The molecule has 0 saturated carbocycles. The van der Waals surface area contributed by atoms with Crippen molar-refractivity contribution in [3.63, 3.8) is 0 Å². The fourth-order valence-corrected chi connectivity index (χ4v) is 2.05. The van der Waals surface area contributed by atoms with Gasteiger partial charge in [0.15, 0.2) is 0 Å². The van der Waals surface area contributed by atoms with Gasteiger partial charge in [-0.05, 0) is 41.8 Å². The molecule has 0 aliphatic carbocycles. The Kier molecular flexibility index (Phi) is 4.60. The second-order valence-electron chi connectivity index (χ2n) is 4.33. The molecule has 0 aliphatic rings. The number of rotatable bonds is 3. The monoisotopic (exact) mass is 277 g/mol. The van der Waals surface area contributed by atoms with E-state index in [1.165, 1.54) is 0 Å². The van der Waals surface area contributed by atoms with Gasteiger partial charge >= 0.3 is 35.5 Å². The van der Waals surface area contributed by atoms with Crippen molar-refractivity contribution in [2.45, 2.75) is 6.42 Å². The number of furan rings is 1. The Morgan fingerprint density at radius 1 is 1.20 bits per heavy atom. The van der Waals surface area contributed by atoms with Crippen LogP contribution in [0.2, 0.25) is 0 Å². The standard InChI is InChI=1S/C15H11NO3.Na.H/c17-15(18)14-8-12-7-10(3-4-13(12)19-14)6-11-2-1-5-16-9-11;;/h1-5,7-9H,6H2,(H,17,18);;. The number of carboxylic acid groups (broad SMARTS) is 1. The molecule has 5 heteroatoms. The van der Waals surface area contributed by atoms with Crippen LogP contribution in [0, 0.1) is 0 Å². The van der Waals surface area contributed by atoms with E-state index in [4.69, 9.17) is 9.52 Å². The zero-order chi connectivity index (χ0) is 13.2. The van der Waals surface area contributed by atoms with Crippen LogP contribution in [0.5, 0.6) is 0 Å². The fourth-order valence-electron chi connectivity index (χ4n) is 2.05. The van der Waals surface area contributed by atoms with Gasteiger partial charge in [0.1, 0.15) is 5.58 Å². The number of aromatic carboxylic acids is 1. The van der Waals surface area contributed by atoms with Gasteiger partial charge < -0.3 is 9.52 Å². The summed E-state index contributed by atoms with van der Waals surface area (Å²) in [6.45, 7) is 0. The number of hydrogen-bond acceptors (Lipinski definition) is 3. The van der Waals surface area contributed by atoms with Crippen LogP contribution < -0.4 is 0 Å². The van der Waals surface area contributed by atoms with Gasteiger partial charge in [-0.1, -0.05) is 12.1 Å². The van der Waals surface area contributed by atoms with Crippen molar-refractivity contribution < 1.29 is 14.3 Å². The summed E-state index contributed by atoms with van der Waals surface area (Å²) >= 11 is 0. The predicted molar refractivity (Wildman–Crippen MR) is 77.4 cm³/mol. The van der Waals surface area contributed by atoms with Crippen LogP contribution in [0.3, 0.4) is 0 Å². The molecular formula is C15H12NNaO3. The van der Waals surface area contributed by atoms with E-state index in [1.807, 2.05) is 30.5 Å². The van der Waals surface area contributed by atoms with Crippen molar-refractivity contribution >= 4 is 46.5 Å². The summed E-state index contributed by atoms with van der Waals surface area (Å²) in [7, 11) is 0. The van der Waals surface area contributed by atoms with Crippen LogP contribution >= 0.6 is 0 Å². The molecule has 2 heterocycles. The van der Waals surface area contributed by atoms with Crippen LogP contribution in [0.4, 0.5) is 0 Å². The third kappa shape index (κ3) is 3.10. The number of nitrogens with zero attached hydrogens (tertiary/aromatic N) is 1. The molecule has 1 N–H and O–H groups in total. The summed E-state index contributed by atoms with van der Waals surface area (Å²) in [6.07, 6.45) is 4.32. The molecule has 1 aromatic carbocycles. The number of carboxylic acids is 1. The minimum atomic E-state index is -1.05. The summed E-state index contributed by atoms with van der Waals surface area (Å²) < 4.78 is 5.22. The SMILES string of the molecule is O=C(O)c1cc2cc(Cc3cccnc3)ccc2o1.[NaH]. The Bertz CT molecular complexity index is 737. The maximum absolute atomic E-state index is 10.8. The maximum atomic E-state index is 10.8. The Morgan fingerprint density at radius 2 is 2.05 bits per heavy atom. The molecule has 20 heavy (non-hydrogen) atoms. The molecule has 4 nitrogen and oxygen atoms in total. The summed E-state index contributed by atoms with van der Waals surface area (Å²) in [5.74, 6) is -1.08. The van der Waals surface area contributed by atoms with E-state index < -0.39 is 5.97 Å². The van der Waals surface area contributed by atoms with Gasteiger partial charge in [-0.2, -0.15) is 0 Å². The van der Waals surface area contributed by atoms with Gasteiger partial charge in [-0.3, -0.25) is 4.98 Å². The van der Waals surface area contributed by atoms with Gasteiger partial charge in [0.2, 0.25) is 5.76 Å². The van der Waals surface area contributed by atoms with Gasteiger partial charge in [0.25, 0.3) is 0 Å². The van der Waals surface area contributed by atoms with Gasteiger partial charge in [0, 0.05) is 17.8 Å². The van der Waals surface area contributed by atoms with E-state index >= 15 is 0 Å². The quantitative estimate of drug-likeness (QED) is 0.747. The first-order chi connectivity index (χ1) is 9.22. The molecule has 0 aliphatic heterocycles. The number of benzene rings is 1. The van der Waals surface area contributed by atoms with Crippen molar-refractivity contribution in [3.8, 4) is 0 Å². The molecule has 0 radical (unpaired) electrons. The minimum absolute atomic E-state index is 0. The fraction of sp³-hybridized carbons (Fsp3) is 0.0667. The van der Waals surface area contributed by atoms with Gasteiger partial charge in [-0.25, -0.2) is 4.79 Å². The number of carbonyl (C=O) groups is 1. The molecule has 0 amide bonds.